The van der Waals surface area contributed by atoms with E-state index >= 15 is 0 Å². The van der Waals surface area contributed by atoms with Crippen molar-refractivity contribution in [2.45, 2.75) is 45.8 Å². The number of methoxy groups -OCH3 is 1. The number of hydrogen-bond donors (Lipinski definition) is 1. The Labute approximate surface area is 120 Å². The van der Waals surface area contributed by atoms with Gasteiger partial charge < -0.3 is 10.1 Å². The lowest BCUT2D eigenvalue weighted by molar-refractivity contribution is -0.528. The van der Waals surface area contributed by atoms with Crippen LogP contribution in [0.15, 0.2) is 24.3 Å². The second-order valence-corrected chi connectivity index (χ2v) is 5.22. The van der Waals surface area contributed by atoms with Crippen molar-refractivity contribution < 1.29 is 9.66 Å². The molecule has 0 fully saturated rings. The Morgan fingerprint density at radius 3 is 2.50 bits per heavy atom. The highest BCUT2D eigenvalue weighted by molar-refractivity contribution is 5.33. The van der Waals surface area contributed by atoms with Crippen LogP contribution in [0, 0.1) is 16.0 Å². The first-order valence-corrected chi connectivity index (χ1v) is 7.00. The van der Waals surface area contributed by atoms with Crippen LogP contribution < -0.4 is 10.1 Å². The summed E-state index contributed by atoms with van der Waals surface area (Å²) >= 11 is 0. The smallest absolute Gasteiger partial charge is 0.228 e. The van der Waals surface area contributed by atoms with Crippen LogP contribution >= 0.6 is 0 Å². The zero-order valence-corrected chi connectivity index (χ0v) is 12.6. The molecule has 1 aromatic rings. The van der Waals surface area contributed by atoms with Crippen LogP contribution in [-0.4, -0.2) is 24.1 Å². The van der Waals surface area contributed by atoms with E-state index in [4.69, 9.17) is 4.74 Å². The van der Waals surface area contributed by atoms with E-state index in [9.17, 15) is 10.1 Å². The molecule has 1 aromatic carbocycles. The van der Waals surface area contributed by atoms with Gasteiger partial charge in [-0.25, -0.2) is 0 Å². The molecule has 0 unspecified atom stereocenters. The SMILES string of the molecule is CC[C@H]([C@@H](NCc1ccccc1OC)C(C)C)[N+](=O)[O-]. The van der Waals surface area contributed by atoms with Crippen LogP contribution in [0.1, 0.15) is 32.8 Å². The summed E-state index contributed by atoms with van der Waals surface area (Å²) in [6.45, 7) is 6.43. The number of benzene rings is 1. The Kier molecular flexibility index (Phi) is 6.45. The van der Waals surface area contributed by atoms with Crippen molar-refractivity contribution in [2.24, 2.45) is 5.92 Å². The van der Waals surface area contributed by atoms with E-state index < -0.39 is 6.04 Å². The molecular weight excluding hydrogens is 256 g/mol. The molecule has 0 bridgehead atoms. The fourth-order valence-corrected chi connectivity index (χ4v) is 2.43. The number of nitrogens with one attached hydrogen (secondary N) is 1. The molecule has 20 heavy (non-hydrogen) atoms. The monoisotopic (exact) mass is 280 g/mol. The van der Waals surface area contributed by atoms with Gasteiger partial charge in [-0.05, 0) is 12.0 Å². The summed E-state index contributed by atoms with van der Waals surface area (Å²) in [6, 6.07) is 7.00. The Morgan fingerprint density at radius 2 is 2.00 bits per heavy atom. The van der Waals surface area contributed by atoms with E-state index in [0.29, 0.717) is 13.0 Å². The van der Waals surface area contributed by atoms with Crippen molar-refractivity contribution in [3.8, 4) is 5.75 Å². The average molecular weight is 280 g/mol. The van der Waals surface area contributed by atoms with Crippen LogP contribution in [0.4, 0.5) is 0 Å². The fourth-order valence-electron chi connectivity index (χ4n) is 2.43. The summed E-state index contributed by atoms with van der Waals surface area (Å²) in [5.74, 6) is 0.997. The van der Waals surface area contributed by atoms with Gasteiger partial charge >= 0.3 is 0 Å². The Morgan fingerprint density at radius 1 is 1.35 bits per heavy atom. The van der Waals surface area contributed by atoms with Gasteiger partial charge in [-0.2, -0.15) is 0 Å². The predicted molar refractivity (Wildman–Crippen MR) is 79.5 cm³/mol. The van der Waals surface area contributed by atoms with E-state index in [0.717, 1.165) is 11.3 Å². The first-order chi connectivity index (χ1) is 9.51. The highest BCUT2D eigenvalue weighted by Crippen LogP contribution is 2.19. The molecule has 0 aliphatic rings. The molecule has 1 rings (SSSR count). The lowest BCUT2D eigenvalue weighted by atomic mass is 9.94. The van der Waals surface area contributed by atoms with Gasteiger partial charge in [-0.1, -0.05) is 39.0 Å². The van der Waals surface area contributed by atoms with Crippen molar-refractivity contribution in [3.63, 3.8) is 0 Å². The first kappa shape index (κ1) is 16.4. The zero-order chi connectivity index (χ0) is 15.1. The van der Waals surface area contributed by atoms with Crippen LogP contribution in [-0.2, 0) is 6.54 Å². The number of para-hydroxylation sites is 1. The van der Waals surface area contributed by atoms with Gasteiger partial charge in [0, 0.05) is 23.5 Å². The summed E-state index contributed by atoms with van der Waals surface area (Å²) < 4.78 is 5.30. The van der Waals surface area contributed by atoms with E-state index in [-0.39, 0.29) is 16.9 Å². The molecule has 0 aliphatic carbocycles. The molecule has 0 aromatic heterocycles. The lowest BCUT2D eigenvalue weighted by Crippen LogP contribution is -2.47. The van der Waals surface area contributed by atoms with E-state index in [1.165, 1.54) is 0 Å². The van der Waals surface area contributed by atoms with Crippen molar-refractivity contribution >= 4 is 0 Å². The quantitative estimate of drug-likeness (QED) is 0.587. The number of nitro groups is 1. The van der Waals surface area contributed by atoms with Gasteiger partial charge in [0.15, 0.2) is 0 Å². The Bertz CT molecular complexity index is 435. The summed E-state index contributed by atoms with van der Waals surface area (Å²) in [5.41, 5.74) is 1.01. The van der Waals surface area contributed by atoms with E-state index in [1.54, 1.807) is 7.11 Å². The molecule has 0 radical (unpaired) electrons. The third-order valence-electron chi connectivity index (χ3n) is 3.54. The van der Waals surface area contributed by atoms with Crippen LogP contribution in [0.3, 0.4) is 0 Å². The molecule has 1 N–H and O–H groups in total. The minimum absolute atomic E-state index is 0.153. The Hall–Kier alpha value is -1.62. The summed E-state index contributed by atoms with van der Waals surface area (Å²) in [6.07, 6.45) is 0.523. The Balaban J connectivity index is 2.79. The number of nitrogens with zero attached hydrogens (tertiary/aromatic N) is 1. The highest BCUT2D eigenvalue weighted by atomic mass is 16.6. The maximum Gasteiger partial charge on any atom is 0.228 e. The molecule has 0 saturated carbocycles. The molecule has 0 spiro atoms. The minimum Gasteiger partial charge on any atom is -0.496 e. The molecule has 2 atom stereocenters. The molecule has 5 heteroatoms. The minimum atomic E-state index is -0.565. The number of rotatable bonds is 8. The number of ether oxygens (including phenoxy) is 1. The molecular formula is C15H24N2O3. The standard InChI is InChI=1S/C15H24N2O3/c1-5-13(17(18)19)15(11(2)3)16-10-12-8-6-7-9-14(12)20-4/h6-9,11,13,15-16H,5,10H2,1-4H3/t13-,15+/m1/s1. The second kappa shape index (κ2) is 7.85. The first-order valence-electron chi connectivity index (χ1n) is 7.00. The van der Waals surface area contributed by atoms with E-state index in [2.05, 4.69) is 5.32 Å². The zero-order valence-electron chi connectivity index (χ0n) is 12.6. The van der Waals surface area contributed by atoms with Gasteiger partial charge in [0.1, 0.15) is 5.75 Å². The number of hydrogen-bond acceptors (Lipinski definition) is 4. The third-order valence-corrected chi connectivity index (χ3v) is 3.54. The van der Waals surface area contributed by atoms with Crippen LogP contribution in [0.25, 0.3) is 0 Å². The summed E-state index contributed by atoms with van der Waals surface area (Å²) in [4.78, 5) is 11.0. The summed E-state index contributed by atoms with van der Waals surface area (Å²) in [7, 11) is 1.63. The van der Waals surface area contributed by atoms with Crippen molar-refractivity contribution in [1.82, 2.24) is 5.32 Å². The largest absolute Gasteiger partial charge is 0.496 e. The van der Waals surface area contributed by atoms with Gasteiger partial charge in [0.05, 0.1) is 13.2 Å². The topological polar surface area (TPSA) is 64.4 Å². The van der Waals surface area contributed by atoms with Gasteiger partial charge in [-0.3, -0.25) is 10.1 Å². The van der Waals surface area contributed by atoms with Gasteiger partial charge in [0.25, 0.3) is 0 Å². The van der Waals surface area contributed by atoms with Crippen molar-refractivity contribution in [1.29, 1.82) is 0 Å². The molecule has 5 nitrogen and oxygen atoms in total. The summed E-state index contributed by atoms with van der Waals surface area (Å²) in [5, 5.41) is 14.5. The lowest BCUT2D eigenvalue weighted by Gasteiger charge is -2.25. The normalized spacial score (nSPS) is 14.1. The molecule has 112 valence electrons. The highest BCUT2D eigenvalue weighted by Gasteiger charge is 2.31. The average Bonchev–Trinajstić information content (AvgIpc) is 2.42. The van der Waals surface area contributed by atoms with Crippen LogP contribution in [0.5, 0.6) is 5.75 Å². The van der Waals surface area contributed by atoms with Gasteiger partial charge in [0.2, 0.25) is 6.04 Å². The predicted octanol–water partition coefficient (Wildman–Crippen LogP) is 2.86. The maximum absolute atomic E-state index is 11.2. The fraction of sp³-hybridized carbons (Fsp3) is 0.600. The molecule has 0 aliphatic heterocycles. The van der Waals surface area contributed by atoms with Gasteiger partial charge in [-0.15, -0.1) is 0 Å². The molecule has 0 saturated heterocycles. The second-order valence-electron chi connectivity index (χ2n) is 5.22. The molecule has 0 heterocycles. The van der Waals surface area contributed by atoms with Crippen molar-refractivity contribution in [3.05, 3.63) is 39.9 Å². The maximum atomic E-state index is 11.2. The van der Waals surface area contributed by atoms with E-state index in [1.807, 2.05) is 45.0 Å². The van der Waals surface area contributed by atoms with Crippen molar-refractivity contribution in [2.75, 3.05) is 7.11 Å². The van der Waals surface area contributed by atoms with Crippen LogP contribution in [0.2, 0.25) is 0 Å². The molecule has 0 amide bonds. The third kappa shape index (κ3) is 4.20.